The topological polar surface area (TPSA) is 58.2 Å². The summed E-state index contributed by atoms with van der Waals surface area (Å²) < 4.78 is 0. The predicted molar refractivity (Wildman–Crippen MR) is 142 cm³/mol. The Kier molecular flexibility index (Phi) is 24.4. The second kappa shape index (κ2) is 24.9. The Morgan fingerprint density at radius 3 is 1.47 bits per heavy atom. The summed E-state index contributed by atoms with van der Waals surface area (Å²) in [5.74, 6) is 0.210. The zero-order chi connectivity index (χ0) is 23.7. The minimum Gasteiger partial charge on any atom is -0.354 e. The molecule has 0 bridgehead atoms. The van der Waals surface area contributed by atoms with Crippen LogP contribution in [0.5, 0.6) is 0 Å². The van der Waals surface area contributed by atoms with Crippen LogP contribution in [0.25, 0.3) is 0 Å². The van der Waals surface area contributed by atoms with Crippen LogP contribution in [0.1, 0.15) is 142 Å². The summed E-state index contributed by atoms with van der Waals surface area (Å²) in [7, 11) is 0. The summed E-state index contributed by atoms with van der Waals surface area (Å²) in [5.41, 5.74) is 0. The Morgan fingerprint density at radius 1 is 0.625 bits per heavy atom. The molecule has 0 saturated carbocycles. The highest BCUT2D eigenvalue weighted by Crippen LogP contribution is 2.13. The Hall–Kier alpha value is -0.710. The first kappa shape index (κ1) is 31.3. The van der Waals surface area contributed by atoms with Gasteiger partial charge in [0.2, 0.25) is 11.8 Å². The Morgan fingerprint density at radius 2 is 1.03 bits per heavy atom. The van der Waals surface area contributed by atoms with E-state index in [4.69, 9.17) is 0 Å². The quantitative estimate of drug-likeness (QED) is 0.102. The molecular formula is C27H54N2O2S. The molecule has 0 aromatic carbocycles. The second-order valence-corrected chi connectivity index (χ2v) is 9.72. The van der Waals surface area contributed by atoms with Gasteiger partial charge in [-0.05, 0) is 12.8 Å². The largest absolute Gasteiger partial charge is 0.354 e. The van der Waals surface area contributed by atoms with Crippen molar-refractivity contribution in [1.29, 1.82) is 0 Å². The molecule has 2 N–H and O–H groups in total. The number of nitrogens with one attached hydrogen (secondary N) is 2. The number of carbonyl (C=O) groups is 2. The maximum absolute atomic E-state index is 12.3. The summed E-state index contributed by atoms with van der Waals surface area (Å²) in [4.78, 5) is 24.4. The molecule has 0 aliphatic heterocycles. The molecule has 0 radical (unpaired) electrons. The standard InChI is InChI=1S/C27H54N2O2S/c1-3-5-7-9-11-12-13-14-15-16-17-18-20-22-26(30)29-25(24-32)27(31)28-23-21-19-10-8-6-4-2/h25,32H,3-24H2,1-2H3,(H,28,31)(H,29,30)/t25-/m0/s1. The van der Waals surface area contributed by atoms with Crippen LogP contribution in [0.2, 0.25) is 0 Å². The number of hydrogen-bond donors (Lipinski definition) is 3. The first-order chi connectivity index (χ1) is 15.7. The fraction of sp³-hybridized carbons (Fsp3) is 0.926. The van der Waals surface area contributed by atoms with E-state index in [-0.39, 0.29) is 11.8 Å². The van der Waals surface area contributed by atoms with E-state index in [0.717, 1.165) is 25.7 Å². The van der Waals surface area contributed by atoms with Crippen molar-refractivity contribution in [3.05, 3.63) is 0 Å². The molecule has 0 fully saturated rings. The normalized spacial score (nSPS) is 12.0. The van der Waals surface area contributed by atoms with Crippen molar-refractivity contribution in [2.75, 3.05) is 12.3 Å². The van der Waals surface area contributed by atoms with Gasteiger partial charge < -0.3 is 10.6 Å². The molecule has 0 rings (SSSR count). The van der Waals surface area contributed by atoms with Gasteiger partial charge in [-0.1, -0.05) is 123 Å². The summed E-state index contributed by atoms with van der Waals surface area (Å²) in [6.07, 6.45) is 24.6. The molecule has 0 saturated heterocycles. The SMILES string of the molecule is CCCCCCCCCCCCCCCC(=O)N[C@@H](CS)C(=O)NCCCCCCCC. The van der Waals surface area contributed by atoms with E-state index in [1.165, 1.54) is 96.3 Å². The number of rotatable bonds is 24. The van der Waals surface area contributed by atoms with Gasteiger partial charge in [0, 0.05) is 18.7 Å². The molecule has 190 valence electrons. The third-order valence-corrected chi connectivity index (χ3v) is 6.54. The second-order valence-electron chi connectivity index (χ2n) is 9.35. The van der Waals surface area contributed by atoms with Crippen LogP contribution >= 0.6 is 12.6 Å². The van der Waals surface area contributed by atoms with Crippen LogP contribution in [-0.2, 0) is 9.59 Å². The average Bonchev–Trinajstić information content (AvgIpc) is 2.79. The van der Waals surface area contributed by atoms with Gasteiger partial charge in [-0.2, -0.15) is 12.6 Å². The van der Waals surface area contributed by atoms with Crippen molar-refractivity contribution < 1.29 is 9.59 Å². The number of carbonyl (C=O) groups excluding carboxylic acids is 2. The molecule has 0 aromatic heterocycles. The maximum Gasteiger partial charge on any atom is 0.243 e. The highest BCUT2D eigenvalue weighted by atomic mass is 32.1. The number of thiol groups is 1. The Bertz CT molecular complexity index is 432. The molecule has 0 aliphatic carbocycles. The predicted octanol–water partition coefficient (Wildman–Crippen LogP) is 7.36. The summed E-state index contributed by atoms with van der Waals surface area (Å²) in [5, 5.41) is 5.80. The molecule has 1 atom stereocenters. The van der Waals surface area contributed by atoms with Gasteiger partial charge >= 0.3 is 0 Å². The van der Waals surface area contributed by atoms with Crippen LogP contribution in [0.15, 0.2) is 0 Å². The van der Waals surface area contributed by atoms with Gasteiger partial charge in [0.05, 0.1) is 0 Å². The van der Waals surface area contributed by atoms with Crippen LogP contribution in [0.3, 0.4) is 0 Å². The van der Waals surface area contributed by atoms with Gasteiger partial charge in [0.1, 0.15) is 6.04 Å². The Labute approximate surface area is 205 Å². The highest BCUT2D eigenvalue weighted by molar-refractivity contribution is 7.80. The van der Waals surface area contributed by atoms with Gasteiger partial charge in [-0.25, -0.2) is 0 Å². The highest BCUT2D eigenvalue weighted by Gasteiger charge is 2.18. The molecule has 0 aliphatic rings. The van der Waals surface area contributed by atoms with Gasteiger partial charge in [0.25, 0.3) is 0 Å². The van der Waals surface area contributed by atoms with E-state index >= 15 is 0 Å². The minimum absolute atomic E-state index is 0.0261. The lowest BCUT2D eigenvalue weighted by molar-refractivity contribution is -0.128. The van der Waals surface area contributed by atoms with Gasteiger partial charge in [0.15, 0.2) is 0 Å². The summed E-state index contributed by atoms with van der Waals surface area (Å²) in [6.45, 7) is 5.16. The summed E-state index contributed by atoms with van der Waals surface area (Å²) in [6, 6.07) is -0.520. The average molecular weight is 471 g/mol. The third kappa shape index (κ3) is 21.2. The van der Waals surface area contributed by atoms with Gasteiger partial charge in [-0.15, -0.1) is 0 Å². The zero-order valence-corrected chi connectivity index (χ0v) is 22.3. The molecule has 0 heterocycles. The molecular weight excluding hydrogens is 416 g/mol. The lowest BCUT2D eigenvalue weighted by atomic mass is 10.0. The molecule has 2 amide bonds. The van der Waals surface area contributed by atoms with Crippen molar-refractivity contribution in [3.63, 3.8) is 0 Å². The van der Waals surface area contributed by atoms with Gasteiger partial charge in [-0.3, -0.25) is 9.59 Å². The zero-order valence-electron chi connectivity index (χ0n) is 21.4. The smallest absolute Gasteiger partial charge is 0.243 e. The first-order valence-electron chi connectivity index (χ1n) is 13.8. The number of hydrogen-bond acceptors (Lipinski definition) is 3. The van der Waals surface area contributed by atoms with Crippen molar-refractivity contribution in [2.24, 2.45) is 0 Å². The molecule has 4 nitrogen and oxygen atoms in total. The molecule has 5 heteroatoms. The van der Waals surface area contributed by atoms with Crippen LogP contribution in [0.4, 0.5) is 0 Å². The van der Waals surface area contributed by atoms with E-state index in [1.54, 1.807) is 0 Å². The fourth-order valence-corrected chi connectivity index (χ4v) is 4.26. The fourth-order valence-electron chi connectivity index (χ4n) is 4.00. The van der Waals surface area contributed by atoms with E-state index < -0.39 is 6.04 Å². The van der Waals surface area contributed by atoms with Crippen molar-refractivity contribution in [1.82, 2.24) is 10.6 Å². The number of unbranched alkanes of at least 4 members (excludes halogenated alkanes) is 17. The van der Waals surface area contributed by atoms with E-state index in [9.17, 15) is 9.59 Å². The molecule has 0 spiro atoms. The lowest BCUT2D eigenvalue weighted by Gasteiger charge is -2.16. The molecule has 0 unspecified atom stereocenters. The third-order valence-electron chi connectivity index (χ3n) is 6.17. The monoisotopic (exact) mass is 470 g/mol. The van der Waals surface area contributed by atoms with Crippen LogP contribution in [0, 0.1) is 0 Å². The molecule has 32 heavy (non-hydrogen) atoms. The lowest BCUT2D eigenvalue weighted by Crippen LogP contribution is -2.48. The first-order valence-corrected chi connectivity index (χ1v) is 14.5. The van der Waals surface area contributed by atoms with Crippen LogP contribution < -0.4 is 10.6 Å². The summed E-state index contributed by atoms with van der Waals surface area (Å²) >= 11 is 4.25. The Balaban J connectivity index is 3.58. The van der Waals surface area contributed by atoms with E-state index in [1.807, 2.05) is 0 Å². The van der Waals surface area contributed by atoms with Crippen LogP contribution in [-0.4, -0.2) is 30.2 Å². The van der Waals surface area contributed by atoms with Crippen molar-refractivity contribution in [3.8, 4) is 0 Å². The minimum atomic E-state index is -0.520. The van der Waals surface area contributed by atoms with Crippen molar-refractivity contribution >= 4 is 24.4 Å². The van der Waals surface area contributed by atoms with Crippen molar-refractivity contribution in [2.45, 2.75) is 148 Å². The van der Waals surface area contributed by atoms with E-state index in [0.29, 0.717) is 18.7 Å². The van der Waals surface area contributed by atoms with E-state index in [2.05, 4.69) is 37.1 Å². The number of amides is 2. The maximum atomic E-state index is 12.3. The molecule has 0 aromatic rings.